The summed E-state index contributed by atoms with van der Waals surface area (Å²) in [6, 6.07) is 0. The number of carbonyl (C=O) groups is 1. The van der Waals surface area contributed by atoms with Crippen LogP contribution in [0.25, 0.3) is 0 Å². The van der Waals surface area contributed by atoms with Gasteiger partial charge >= 0.3 is 0 Å². The van der Waals surface area contributed by atoms with Crippen LogP contribution in [0.4, 0.5) is 5.95 Å². The zero-order valence-corrected chi connectivity index (χ0v) is 8.90. The number of rotatable bonds is 4. The Morgan fingerprint density at radius 2 is 2.56 bits per heavy atom. The fourth-order valence-corrected chi connectivity index (χ4v) is 1.66. The van der Waals surface area contributed by atoms with Crippen LogP contribution in [0.15, 0.2) is 0 Å². The van der Waals surface area contributed by atoms with E-state index in [1.165, 1.54) is 0 Å². The number of anilines is 1. The summed E-state index contributed by atoms with van der Waals surface area (Å²) in [4.78, 5) is 15.2. The molecule has 0 aromatic carbocycles. The molecular weight excluding hydrogens is 210 g/mol. The van der Waals surface area contributed by atoms with Gasteiger partial charge in [-0.15, -0.1) is 5.10 Å². The molecule has 1 aromatic heterocycles. The molecule has 1 atom stereocenters. The number of hydrogen-bond acceptors (Lipinski definition) is 5. The summed E-state index contributed by atoms with van der Waals surface area (Å²) in [5, 5.41) is 8.80. The van der Waals surface area contributed by atoms with E-state index in [0.717, 1.165) is 26.1 Å². The normalized spacial score (nSPS) is 19.9. The molecule has 16 heavy (non-hydrogen) atoms. The number of nitrogens with zero attached hydrogens (tertiary/aromatic N) is 2. The van der Waals surface area contributed by atoms with Gasteiger partial charge in [-0.3, -0.25) is 9.89 Å². The van der Waals surface area contributed by atoms with Crippen LogP contribution >= 0.6 is 0 Å². The van der Waals surface area contributed by atoms with Crippen molar-refractivity contribution in [2.45, 2.75) is 12.8 Å². The molecule has 1 aromatic rings. The highest BCUT2D eigenvalue weighted by molar-refractivity contribution is 5.90. The Morgan fingerprint density at radius 1 is 1.69 bits per heavy atom. The Bertz CT molecular complexity index is 359. The third-order valence-electron chi connectivity index (χ3n) is 2.58. The van der Waals surface area contributed by atoms with E-state index >= 15 is 0 Å². The van der Waals surface area contributed by atoms with Crippen LogP contribution in [0.3, 0.4) is 0 Å². The molecule has 0 radical (unpaired) electrons. The van der Waals surface area contributed by atoms with E-state index in [1.807, 2.05) is 0 Å². The predicted octanol–water partition coefficient (Wildman–Crippen LogP) is -0.457. The summed E-state index contributed by atoms with van der Waals surface area (Å²) in [5.74, 6) is 0.512. The van der Waals surface area contributed by atoms with Crippen molar-refractivity contribution in [2.75, 3.05) is 25.5 Å². The third kappa shape index (κ3) is 2.69. The molecule has 0 spiro atoms. The summed E-state index contributed by atoms with van der Waals surface area (Å²) < 4.78 is 5.24. The number of nitrogens with two attached hydrogens (primary N) is 1. The van der Waals surface area contributed by atoms with Gasteiger partial charge in [0.05, 0.1) is 0 Å². The van der Waals surface area contributed by atoms with Crippen LogP contribution in [-0.4, -0.2) is 40.8 Å². The lowest BCUT2D eigenvalue weighted by Crippen LogP contribution is -2.27. The van der Waals surface area contributed by atoms with E-state index in [1.54, 1.807) is 0 Å². The van der Waals surface area contributed by atoms with Crippen molar-refractivity contribution < 1.29 is 9.53 Å². The van der Waals surface area contributed by atoms with E-state index in [0.29, 0.717) is 12.5 Å². The average Bonchev–Trinajstić information content (AvgIpc) is 2.89. The molecule has 4 N–H and O–H groups in total. The largest absolute Gasteiger partial charge is 0.381 e. The van der Waals surface area contributed by atoms with Crippen LogP contribution in [0.2, 0.25) is 0 Å². The van der Waals surface area contributed by atoms with E-state index < -0.39 is 0 Å². The van der Waals surface area contributed by atoms with Crippen molar-refractivity contribution in [3.05, 3.63) is 5.82 Å². The van der Waals surface area contributed by atoms with Gasteiger partial charge < -0.3 is 15.8 Å². The Morgan fingerprint density at radius 3 is 3.19 bits per heavy atom. The summed E-state index contributed by atoms with van der Waals surface area (Å²) in [6.45, 7) is 2.25. The summed E-state index contributed by atoms with van der Waals surface area (Å²) >= 11 is 0. The maximum Gasteiger partial charge on any atom is 0.288 e. The van der Waals surface area contributed by atoms with Crippen molar-refractivity contribution in [2.24, 2.45) is 5.92 Å². The smallest absolute Gasteiger partial charge is 0.288 e. The first kappa shape index (κ1) is 10.9. The topological polar surface area (TPSA) is 106 Å². The Labute approximate surface area is 92.8 Å². The number of aromatic amines is 1. The maximum absolute atomic E-state index is 11.5. The van der Waals surface area contributed by atoms with Crippen LogP contribution < -0.4 is 11.1 Å². The monoisotopic (exact) mass is 225 g/mol. The molecule has 1 saturated heterocycles. The van der Waals surface area contributed by atoms with Crippen molar-refractivity contribution in [1.29, 1.82) is 0 Å². The van der Waals surface area contributed by atoms with E-state index in [2.05, 4.69) is 20.5 Å². The number of aromatic nitrogens is 3. The molecule has 0 aliphatic carbocycles. The molecule has 0 saturated carbocycles. The lowest BCUT2D eigenvalue weighted by atomic mass is 10.1. The second-order valence-electron chi connectivity index (χ2n) is 3.82. The zero-order valence-electron chi connectivity index (χ0n) is 8.90. The number of nitrogen functional groups attached to an aromatic ring is 1. The van der Waals surface area contributed by atoms with Gasteiger partial charge in [-0.2, -0.15) is 4.98 Å². The second kappa shape index (κ2) is 4.93. The fourth-order valence-electron chi connectivity index (χ4n) is 1.66. The molecule has 2 heterocycles. The highest BCUT2D eigenvalue weighted by atomic mass is 16.5. The van der Waals surface area contributed by atoms with Crippen molar-refractivity contribution in [3.63, 3.8) is 0 Å². The molecule has 1 aliphatic rings. The number of nitrogens with one attached hydrogen (secondary N) is 2. The first-order valence-corrected chi connectivity index (χ1v) is 5.29. The quantitative estimate of drug-likeness (QED) is 0.643. The molecule has 1 unspecified atom stereocenters. The Balaban J connectivity index is 1.71. The molecular formula is C9H15N5O2. The van der Waals surface area contributed by atoms with Crippen LogP contribution in [0.1, 0.15) is 23.5 Å². The molecule has 7 nitrogen and oxygen atoms in total. The molecule has 1 amide bonds. The lowest BCUT2D eigenvalue weighted by molar-refractivity contribution is 0.0940. The first-order chi connectivity index (χ1) is 7.75. The molecule has 1 aliphatic heterocycles. The Hall–Kier alpha value is -1.63. The molecule has 7 heteroatoms. The van der Waals surface area contributed by atoms with Crippen molar-refractivity contribution >= 4 is 11.9 Å². The van der Waals surface area contributed by atoms with Gasteiger partial charge in [0.2, 0.25) is 11.8 Å². The minimum absolute atomic E-state index is 0.0781. The van der Waals surface area contributed by atoms with Crippen LogP contribution in [-0.2, 0) is 4.74 Å². The molecule has 2 rings (SSSR count). The second-order valence-corrected chi connectivity index (χ2v) is 3.82. The number of carbonyl (C=O) groups excluding carboxylic acids is 1. The Kier molecular flexibility index (Phi) is 3.35. The maximum atomic E-state index is 11.5. The van der Waals surface area contributed by atoms with Gasteiger partial charge in [0.25, 0.3) is 5.91 Å². The zero-order chi connectivity index (χ0) is 11.4. The summed E-state index contributed by atoms with van der Waals surface area (Å²) in [6.07, 6.45) is 2.00. The van der Waals surface area contributed by atoms with E-state index in [-0.39, 0.29) is 17.7 Å². The number of hydrogen-bond donors (Lipinski definition) is 3. The number of amides is 1. The van der Waals surface area contributed by atoms with Gasteiger partial charge in [0.1, 0.15) is 0 Å². The van der Waals surface area contributed by atoms with Crippen LogP contribution in [0, 0.1) is 5.92 Å². The minimum atomic E-state index is -0.275. The van der Waals surface area contributed by atoms with Gasteiger partial charge in [-0.05, 0) is 18.8 Å². The summed E-state index contributed by atoms with van der Waals surface area (Å²) in [7, 11) is 0. The van der Waals surface area contributed by atoms with Crippen molar-refractivity contribution in [3.8, 4) is 0 Å². The third-order valence-corrected chi connectivity index (χ3v) is 2.58. The van der Waals surface area contributed by atoms with Gasteiger partial charge in [0.15, 0.2) is 0 Å². The standard InChI is InChI=1S/C9H15N5O2/c10-9-12-7(13-14-9)8(15)11-3-1-6-2-4-16-5-6/h6H,1-5H2,(H,11,15)(H3,10,12,13,14). The number of H-pyrrole nitrogens is 1. The van der Waals surface area contributed by atoms with Gasteiger partial charge in [-0.25, -0.2) is 0 Å². The molecule has 88 valence electrons. The summed E-state index contributed by atoms with van der Waals surface area (Å²) in [5.41, 5.74) is 5.29. The van der Waals surface area contributed by atoms with Crippen LogP contribution in [0.5, 0.6) is 0 Å². The van der Waals surface area contributed by atoms with Gasteiger partial charge in [-0.1, -0.05) is 0 Å². The highest BCUT2D eigenvalue weighted by Gasteiger charge is 2.16. The fraction of sp³-hybridized carbons (Fsp3) is 0.667. The average molecular weight is 225 g/mol. The SMILES string of the molecule is Nc1n[nH]c(C(=O)NCCC2CCOC2)n1. The first-order valence-electron chi connectivity index (χ1n) is 5.29. The minimum Gasteiger partial charge on any atom is -0.381 e. The molecule has 1 fully saturated rings. The predicted molar refractivity (Wildman–Crippen MR) is 56.7 cm³/mol. The van der Waals surface area contributed by atoms with Gasteiger partial charge in [0, 0.05) is 19.8 Å². The van der Waals surface area contributed by atoms with E-state index in [9.17, 15) is 4.79 Å². The number of ether oxygens (including phenoxy) is 1. The van der Waals surface area contributed by atoms with Crippen molar-refractivity contribution in [1.82, 2.24) is 20.5 Å². The highest BCUT2D eigenvalue weighted by Crippen LogP contribution is 2.15. The lowest BCUT2D eigenvalue weighted by Gasteiger charge is -2.07. The molecule has 0 bridgehead atoms. The van der Waals surface area contributed by atoms with E-state index in [4.69, 9.17) is 10.5 Å².